The molecule has 3 nitrogen and oxygen atoms in total. The van der Waals surface area contributed by atoms with Gasteiger partial charge in [0.25, 0.3) is 0 Å². The minimum absolute atomic E-state index is 0.355. The molecule has 22 heavy (non-hydrogen) atoms. The Morgan fingerprint density at radius 3 is 2.95 bits per heavy atom. The molecule has 1 aliphatic rings. The molecule has 0 unspecified atom stereocenters. The Morgan fingerprint density at radius 1 is 1.41 bits per heavy atom. The first-order chi connectivity index (χ1) is 10.6. The molecule has 0 saturated carbocycles. The van der Waals surface area contributed by atoms with Gasteiger partial charge in [-0.05, 0) is 42.0 Å². The lowest BCUT2D eigenvalue weighted by Crippen LogP contribution is -2.38. The molecule has 5 heteroatoms. The van der Waals surface area contributed by atoms with Gasteiger partial charge in [-0.1, -0.05) is 12.1 Å². The topological polar surface area (TPSA) is 29.5 Å². The number of fused-ring (bicyclic) bond motifs is 1. The number of nitrogens with zero attached hydrogens (tertiary/aromatic N) is 1. The van der Waals surface area contributed by atoms with E-state index < -0.39 is 12.0 Å². The minimum atomic E-state index is -0.696. The second-order valence-corrected chi connectivity index (χ2v) is 6.54. The van der Waals surface area contributed by atoms with Gasteiger partial charge in [0, 0.05) is 23.5 Å². The molecule has 1 aliphatic heterocycles. The fourth-order valence-electron chi connectivity index (χ4n) is 2.93. The van der Waals surface area contributed by atoms with Gasteiger partial charge >= 0.3 is 5.97 Å². The number of carbonyl (C=O) groups is 1. The van der Waals surface area contributed by atoms with Crippen LogP contribution in [0, 0.1) is 12.7 Å². The zero-order valence-corrected chi connectivity index (χ0v) is 13.5. The van der Waals surface area contributed by atoms with Crippen LogP contribution in [0.25, 0.3) is 0 Å². The SMILES string of the molecule is COC(=O)[C@@H](c1ccc(C)cc1F)N1CCc2sccc2C1. The molecule has 0 N–H and O–H groups in total. The van der Waals surface area contributed by atoms with Crippen LogP contribution in [-0.2, 0) is 22.5 Å². The van der Waals surface area contributed by atoms with Crippen molar-refractivity contribution >= 4 is 17.3 Å². The number of hydrogen-bond donors (Lipinski definition) is 0. The Balaban J connectivity index is 1.96. The number of thiophene rings is 1. The van der Waals surface area contributed by atoms with Crippen LogP contribution in [0.4, 0.5) is 4.39 Å². The van der Waals surface area contributed by atoms with E-state index in [1.54, 1.807) is 17.4 Å². The van der Waals surface area contributed by atoms with E-state index in [0.29, 0.717) is 12.1 Å². The summed E-state index contributed by atoms with van der Waals surface area (Å²) in [5.74, 6) is -0.770. The largest absolute Gasteiger partial charge is 0.468 e. The van der Waals surface area contributed by atoms with Crippen LogP contribution in [-0.4, -0.2) is 24.5 Å². The van der Waals surface area contributed by atoms with Crippen molar-refractivity contribution in [1.82, 2.24) is 4.90 Å². The highest BCUT2D eigenvalue weighted by atomic mass is 32.1. The van der Waals surface area contributed by atoms with Gasteiger partial charge in [-0.2, -0.15) is 0 Å². The van der Waals surface area contributed by atoms with Crippen LogP contribution in [0.5, 0.6) is 0 Å². The molecule has 116 valence electrons. The monoisotopic (exact) mass is 319 g/mol. The van der Waals surface area contributed by atoms with E-state index in [1.165, 1.54) is 23.6 Å². The third kappa shape index (κ3) is 2.78. The Hall–Kier alpha value is -1.72. The van der Waals surface area contributed by atoms with Crippen LogP contribution in [0.1, 0.15) is 27.6 Å². The third-order valence-electron chi connectivity index (χ3n) is 4.08. The number of aryl methyl sites for hydroxylation is 1. The van der Waals surface area contributed by atoms with E-state index in [4.69, 9.17) is 4.74 Å². The molecule has 3 rings (SSSR count). The lowest BCUT2D eigenvalue weighted by molar-refractivity contribution is -0.147. The predicted octanol–water partition coefficient (Wildman–Crippen LogP) is 3.47. The highest BCUT2D eigenvalue weighted by Crippen LogP contribution is 2.32. The van der Waals surface area contributed by atoms with E-state index in [9.17, 15) is 9.18 Å². The van der Waals surface area contributed by atoms with Crippen molar-refractivity contribution in [3.8, 4) is 0 Å². The molecule has 2 aromatic rings. The summed E-state index contributed by atoms with van der Waals surface area (Å²) in [6.07, 6.45) is 0.883. The van der Waals surface area contributed by atoms with Gasteiger partial charge in [-0.3, -0.25) is 4.90 Å². The number of rotatable bonds is 3. The maximum absolute atomic E-state index is 14.4. The number of carbonyl (C=O) groups excluding carboxylic acids is 1. The van der Waals surface area contributed by atoms with Crippen molar-refractivity contribution < 1.29 is 13.9 Å². The van der Waals surface area contributed by atoms with Gasteiger partial charge in [-0.25, -0.2) is 9.18 Å². The summed E-state index contributed by atoms with van der Waals surface area (Å²) in [7, 11) is 1.35. The van der Waals surface area contributed by atoms with E-state index in [1.807, 2.05) is 17.9 Å². The van der Waals surface area contributed by atoms with E-state index in [-0.39, 0.29) is 5.82 Å². The Bertz CT molecular complexity index is 698. The molecule has 0 amide bonds. The van der Waals surface area contributed by atoms with Gasteiger partial charge in [-0.15, -0.1) is 11.3 Å². The van der Waals surface area contributed by atoms with Crippen molar-refractivity contribution in [3.05, 3.63) is 57.0 Å². The van der Waals surface area contributed by atoms with Crippen molar-refractivity contribution in [3.63, 3.8) is 0 Å². The minimum Gasteiger partial charge on any atom is -0.468 e. The third-order valence-corrected chi connectivity index (χ3v) is 5.10. The average Bonchev–Trinajstić information content (AvgIpc) is 2.97. The summed E-state index contributed by atoms with van der Waals surface area (Å²) in [4.78, 5) is 15.6. The predicted molar refractivity (Wildman–Crippen MR) is 84.3 cm³/mol. The molecule has 0 aliphatic carbocycles. The fraction of sp³-hybridized carbons (Fsp3) is 0.353. The van der Waals surface area contributed by atoms with Gasteiger partial charge in [0.2, 0.25) is 0 Å². The van der Waals surface area contributed by atoms with Crippen LogP contribution >= 0.6 is 11.3 Å². The number of esters is 1. The van der Waals surface area contributed by atoms with Crippen molar-refractivity contribution in [1.29, 1.82) is 0 Å². The van der Waals surface area contributed by atoms with Crippen molar-refractivity contribution in [2.45, 2.75) is 25.9 Å². The van der Waals surface area contributed by atoms with E-state index in [2.05, 4.69) is 11.4 Å². The lowest BCUT2D eigenvalue weighted by atomic mass is 9.99. The molecule has 0 saturated heterocycles. The van der Waals surface area contributed by atoms with Crippen molar-refractivity contribution in [2.24, 2.45) is 0 Å². The van der Waals surface area contributed by atoms with Crippen LogP contribution in [0.2, 0.25) is 0 Å². The van der Waals surface area contributed by atoms with Gasteiger partial charge < -0.3 is 4.74 Å². The normalized spacial score (nSPS) is 16.1. The van der Waals surface area contributed by atoms with Gasteiger partial charge in [0.15, 0.2) is 0 Å². The number of ether oxygens (including phenoxy) is 1. The molecule has 2 heterocycles. The Morgan fingerprint density at radius 2 is 2.23 bits per heavy atom. The fourth-order valence-corrected chi connectivity index (χ4v) is 3.82. The zero-order chi connectivity index (χ0) is 15.7. The number of halogens is 1. The molecule has 1 atom stereocenters. The maximum Gasteiger partial charge on any atom is 0.327 e. The van der Waals surface area contributed by atoms with E-state index >= 15 is 0 Å². The second-order valence-electron chi connectivity index (χ2n) is 5.54. The summed E-state index contributed by atoms with van der Waals surface area (Å²) in [5.41, 5.74) is 2.44. The molecule has 0 radical (unpaired) electrons. The first-order valence-electron chi connectivity index (χ1n) is 7.23. The molecule has 1 aromatic heterocycles. The molecular formula is C17H18FNO2S. The summed E-state index contributed by atoms with van der Waals surface area (Å²) in [6.45, 7) is 3.20. The number of hydrogen-bond acceptors (Lipinski definition) is 4. The number of benzene rings is 1. The average molecular weight is 319 g/mol. The van der Waals surface area contributed by atoms with E-state index in [0.717, 1.165) is 18.5 Å². The standard InChI is InChI=1S/C17H18FNO2S/c1-11-3-4-13(14(18)9-11)16(17(20)21-2)19-7-5-15-12(10-19)6-8-22-15/h3-4,6,8-9,16H,5,7,10H2,1-2H3/t16-/m1/s1. The number of methoxy groups -OCH3 is 1. The summed E-state index contributed by atoms with van der Waals surface area (Å²) in [6, 6.07) is 6.36. The quantitative estimate of drug-likeness (QED) is 0.811. The summed E-state index contributed by atoms with van der Waals surface area (Å²) in [5, 5.41) is 2.06. The Kier molecular flexibility index (Phi) is 4.27. The summed E-state index contributed by atoms with van der Waals surface area (Å²) < 4.78 is 19.3. The first kappa shape index (κ1) is 15.2. The molecule has 0 spiro atoms. The molecule has 1 aromatic carbocycles. The van der Waals surface area contributed by atoms with Gasteiger partial charge in [0.05, 0.1) is 7.11 Å². The first-order valence-corrected chi connectivity index (χ1v) is 8.11. The van der Waals surface area contributed by atoms with Crippen LogP contribution < -0.4 is 0 Å². The second kappa shape index (κ2) is 6.18. The lowest BCUT2D eigenvalue weighted by Gasteiger charge is -2.33. The van der Waals surface area contributed by atoms with Crippen molar-refractivity contribution in [2.75, 3.05) is 13.7 Å². The van der Waals surface area contributed by atoms with Crippen LogP contribution in [0.15, 0.2) is 29.6 Å². The maximum atomic E-state index is 14.4. The smallest absolute Gasteiger partial charge is 0.327 e. The molecule has 0 fully saturated rings. The summed E-state index contributed by atoms with van der Waals surface area (Å²) >= 11 is 1.74. The zero-order valence-electron chi connectivity index (χ0n) is 12.6. The molecular weight excluding hydrogens is 301 g/mol. The van der Waals surface area contributed by atoms with Crippen LogP contribution in [0.3, 0.4) is 0 Å². The highest BCUT2D eigenvalue weighted by Gasteiger charge is 2.33. The highest BCUT2D eigenvalue weighted by molar-refractivity contribution is 7.10. The molecule has 0 bridgehead atoms. The Labute approximate surface area is 133 Å². The van der Waals surface area contributed by atoms with Gasteiger partial charge in [0.1, 0.15) is 11.9 Å².